The van der Waals surface area contributed by atoms with Crippen LogP contribution in [0.15, 0.2) is 6.20 Å². The summed E-state index contributed by atoms with van der Waals surface area (Å²) in [5.41, 5.74) is 5.19. The van der Waals surface area contributed by atoms with Crippen molar-refractivity contribution in [3.63, 3.8) is 0 Å². The monoisotopic (exact) mass is 267 g/mol. The Morgan fingerprint density at radius 3 is 2.84 bits per heavy atom. The molecule has 0 bridgehead atoms. The van der Waals surface area contributed by atoms with Gasteiger partial charge in [-0.1, -0.05) is 24.5 Å². The molecule has 7 nitrogen and oxygen atoms in total. The van der Waals surface area contributed by atoms with Crippen LogP contribution in [0, 0.1) is 0 Å². The number of aliphatic hydroxyl groups is 1. The average molecular weight is 267 g/mol. The first-order valence-corrected chi connectivity index (χ1v) is 6.73. The van der Waals surface area contributed by atoms with Crippen molar-refractivity contribution in [1.82, 2.24) is 20.3 Å². The lowest BCUT2D eigenvalue weighted by atomic mass is 9.82. The van der Waals surface area contributed by atoms with Crippen LogP contribution in [0.2, 0.25) is 0 Å². The fourth-order valence-electron chi connectivity index (χ4n) is 2.50. The molecule has 106 valence electrons. The SMILES string of the molecule is NCCn1cc(C(=O)NC2(CO)CCCCC2)nn1. The number of carbonyl (C=O) groups is 1. The number of aliphatic hydroxyl groups excluding tert-OH is 1. The number of hydrogen-bond acceptors (Lipinski definition) is 5. The fraction of sp³-hybridized carbons (Fsp3) is 0.750. The number of nitrogens with two attached hydrogens (primary N) is 1. The van der Waals surface area contributed by atoms with Gasteiger partial charge in [0.25, 0.3) is 5.91 Å². The van der Waals surface area contributed by atoms with Crippen molar-refractivity contribution >= 4 is 5.91 Å². The molecule has 1 aliphatic rings. The summed E-state index contributed by atoms with van der Waals surface area (Å²) < 4.78 is 1.54. The van der Waals surface area contributed by atoms with Crippen LogP contribution in [0.3, 0.4) is 0 Å². The summed E-state index contributed by atoms with van der Waals surface area (Å²) in [7, 11) is 0. The second-order valence-electron chi connectivity index (χ2n) is 5.11. The Kier molecular flexibility index (Phi) is 4.49. The molecule has 4 N–H and O–H groups in total. The van der Waals surface area contributed by atoms with Crippen molar-refractivity contribution in [2.75, 3.05) is 13.2 Å². The van der Waals surface area contributed by atoms with E-state index in [1.54, 1.807) is 10.9 Å². The van der Waals surface area contributed by atoms with Gasteiger partial charge in [-0.05, 0) is 12.8 Å². The minimum atomic E-state index is -0.493. The van der Waals surface area contributed by atoms with E-state index in [0.717, 1.165) is 32.1 Å². The van der Waals surface area contributed by atoms with Crippen molar-refractivity contribution in [2.24, 2.45) is 5.73 Å². The first-order valence-electron chi connectivity index (χ1n) is 6.73. The molecule has 1 aromatic heterocycles. The van der Waals surface area contributed by atoms with Gasteiger partial charge in [0, 0.05) is 6.54 Å². The largest absolute Gasteiger partial charge is 0.394 e. The zero-order valence-electron chi connectivity index (χ0n) is 11.0. The lowest BCUT2D eigenvalue weighted by Gasteiger charge is -2.36. The van der Waals surface area contributed by atoms with Gasteiger partial charge in [-0.2, -0.15) is 0 Å². The van der Waals surface area contributed by atoms with E-state index in [-0.39, 0.29) is 18.2 Å². The third-order valence-electron chi connectivity index (χ3n) is 3.62. The maximum atomic E-state index is 12.1. The summed E-state index contributed by atoms with van der Waals surface area (Å²) in [6, 6.07) is 0. The van der Waals surface area contributed by atoms with Crippen LogP contribution in [0.25, 0.3) is 0 Å². The second-order valence-corrected chi connectivity index (χ2v) is 5.11. The van der Waals surface area contributed by atoms with E-state index in [1.807, 2.05) is 0 Å². The van der Waals surface area contributed by atoms with Crippen LogP contribution < -0.4 is 11.1 Å². The van der Waals surface area contributed by atoms with Gasteiger partial charge in [0.1, 0.15) is 0 Å². The summed E-state index contributed by atoms with van der Waals surface area (Å²) >= 11 is 0. The van der Waals surface area contributed by atoms with E-state index < -0.39 is 5.54 Å². The number of rotatable bonds is 5. The van der Waals surface area contributed by atoms with Gasteiger partial charge in [0.2, 0.25) is 0 Å². The number of nitrogens with one attached hydrogen (secondary N) is 1. The van der Waals surface area contributed by atoms with Gasteiger partial charge in [0.15, 0.2) is 5.69 Å². The van der Waals surface area contributed by atoms with Crippen molar-refractivity contribution in [3.8, 4) is 0 Å². The zero-order chi connectivity index (χ0) is 13.7. The Morgan fingerprint density at radius 2 is 2.21 bits per heavy atom. The van der Waals surface area contributed by atoms with E-state index in [9.17, 15) is 9.90 Å². The van der Waals surface area contributed by atoms with Crippen LogP contribution >= 0.6 is 0 Å². The highest BCUT2D eigenvalue weighted by Gasteiger charge is 2.33. The molecule has 0 aromatic carbocycles. The van der Waals surface area contributed by atoms with Crippen LogP contribution in [0.4, 0.5) is 0 Å². The molecule has 0 saturated heterocycles. The molecule has 1 heterocycles. The van der Waals surface area contributed by atoms with E-state index in [0.29, 0.717) is 13.1 Å². The van der Waals surface area contributed by atoms with Gasteiger partial charge < -0.3 is 16.2 Å². The minimum Gasteiger partial charge on any atom is -0.394 e. The number of nitrogens with zero attached hydrogens (tertiary/aromatic N) is 3. The van der Waals surface area contributed by atoms with E-state index in [1.165, 1.54) is 0 Å². The summed E-state index contributed by atoms with van der Waals surface area (Å²) in [5, 5.41) is 20.1. The summed E-state index contributed by atoms with van der Waals surface area (Å²) in [6.45, 7) is 0.950. The summed E-state index contributed by atoms with van der Waals surface area (Å²) in [4.78, 5) is 12.1. The van der Waals surface area contributed by atoms with Crippen molar-refractivity contribution in [3.05, 3.63) is 11.9 Å². The van der Waals surface area contributed by atoms with Gasteiger partial charge in [-0.15, -0.1) is 5.10 Å². The molecule has 0 atom stereocenters. The van der Waals surface area contributed by atoms with Gasteiger partial charge >= 0.3 is 0 Å². The van der Waals surface area contributed by atoms with Gasteiger partial charge in [-0.3, -0.25) is 9.48 Å². The molecule has 0 spiro atoms. The van der Waals surface area contributed by atoms with Gasteiger partial charge in [0.05, 0.1) is 24.9 Å². The van der Waals surface area contributed by atoms with E-state index >= 15 is 0 Å². The fourth-order valence-corrected chi connectivity index (χ4v) is 2.50. The topological polar surface area (TPSA) is 106 Å². The highest BCUT2D eigenvalue weighted by Crippen LogP contribution is 2.27. The molecule has 1 aromatic rings. The Morgan fingerprint density at radius 1 is 1.47 bits per heavy atom. The molecule has 19 heavy (non-hydrogen) atoms. The maximum absolute atomic E-state index is 12.1. The predicted molar refractivity (Wildman–Crippen MR) is 69.4 cm³/mol. The van der Waals surface area contributed by atoms with E-state index in [2.05, 4.69) is 15.6 Å². The van der Waals surface area contributed by atoms with Crippen LogP contribution in [0.1, 0.15) is 42.6 Å². The normalized spacial score (nSPS) is 18.2. The lowest BCUT2D eigenvalue weighted by molar-refractivity contribution is 0.0754. The van der Waals surface area contributed by atoms with Crippen LogP contribution in [-0.2, 0) is 6.54 Å². The first kappa shape index (κ1) is 14.0. The third-order valence-corrected chi connectivity index (χ3v) is 3.62. The van der Waals surface area contributed by atoms with E-state index in [4.69, 9.17) is 5.73 Å². The standard InChI is InChI=1S/C12H21N5O2/c13-6-7-17-8-10(15-16-17)11(19)14-12(9-18)4-2-1-3-5-12/h8,18H,1-7,9,13H2,(H,14,19). The Bertz CT molecular complexity index is 426. The molecule has 7 heteroatoms. The van der Waals surface area contributed by atoms with Gasteiger partial charge in [-0.25, -0.2) is 0 Å². The van der Waals surface area contributed by atoms with Crippen molar-refractivity contribution < 1.29 is 9.90 Å². The molecule has 1 saturated carbocycles. The molecular weight excluding hydrogens is 246 g/mol. The van der Waals surface area contributed by atoms with Crippen molar-refractivity contribution in [2.45, 2.75) is 44.2 Å². The number of hydrogen-bond donors (Lipinski definition) is 3. The highest BCUT2D eigenvalue weighted by molar-refractivity contribution is 5.92. The molecule has 1 aliphatic carbocycles. The molecule has 0 unspecified atom stereocenters. The van der Waals surface area contributed by atoms with Crippen molar-refractivity contribution in [1.29, 1.82) is 0 Å². The maximum Gasteiger partial charge on any atom is 0.273 e. The Hall–Kier alpha value is -1.47. The molecular formula is C12H21N5O2. The summed E-state index contributed by atoms with van der Waals surface area (Å²) in [5.74, 6) is -0.278. The predicted octanol–water partition coefficient (Wildman–Crippen LogP) is -0.338. The zero-order valence-corrected chi connectivity index (χ0v) is 11.0. The van der Waals surface area contributed by atoms with Crippen LogP contribution in [-0.4, -0.2) is 44.7 Å². The number of aromatic nitrogens is 3. The highest BCUT2D eigenvalue weighted by atomic mass is 16.3. The Labute approximate surface area is 112 Å². The average Bonchev–Trinajstić information content (AvgIpc) is 2.89. The molecule has 1 fully saturated rings. The number of carbonyl (C=O) groups excluding carboxylic acids is 1. The quantitative estimate of drug-likeness (QED) is 0.677. The minimum absolute atomic E-state index is 0.0321. The first-order chi connectivity index (χ1) is 9.19. The molecule has 1 amide bonds. The Balaban J connectivity index is 2.02. The lowest BCUT2D eigenvalue weighted by Crippen LogP contribution is -2.52. The number of amides is 1. The van der Waals surface area contributed by atoms with Crippen LogP contribution in [0.5, 0.6) is 0 Å². The molecule has 2 rings (SSSR count). The second kappa shape index (κ2) is 6.12. The smallest absolute Gasteiger partial charge is 0.273 e. The third kappa shape index (κ3) is 3.30. The summed E-state index contributed by atoms with van der Waals surface area (Å²) in [6.07, 6.45) is 6.42. The molecule has 0 aliphatic heterocycles. The molecule has 0 radical (unpaired) electrons.